The van der Waals surface area contributed by atoms with E-state index in [4.69, 9.17) is 28.6 Å². The van der Waals surface area contributed by atoms with Crippen LogP contribution in [0.2, 0.25) is 5.02 Å². The first kappa shape index (κ1) is 18.1. The van der Waals surface area contributed by atoms with Gasteiger partial charge in [-0.05, 0) is 54.7 Å². The van der Waals surface area contributed by atoms with Crippen LogP contribution in [0.3, 0.4) is 0 Å². The Balaban J connectivity index is 1.52. The van der Waals surface area contributed by atoms with E-state index >= 15 is 0 Å². The van der Waals surface area contributed by atoms with E-state index in [2.05, 4.69) is 31.5 Å². The number of anilines is 1. The van der Waals surface area contributed by atoms with Gasteiger partial charge in [0.25, 0.3) is 5.91 Å². The third kappa shape index (κ3) is 5.12. The maximum atomic E-state index is 11.9. The average Bonchev–Trinajstić information content (AvgIpc) is 2.95. The molecule has 128 valence electrons. The number of fused-ring (bicyclic) bond motifs is 1. The lowest BCUT2D eigenvalue weighted by molar-refractivity contribution is -0.121. The van der Waals surface area contributed by atoms with Gasteiger partial charge in [-0.3, -0.25) is 10.1 Å². The predicted molar refractivity (Wildman–Crippen MR) is 109 cm³/mol. The lowest BCUT2D eigenvalue weighted by atomic mass is 10.3. The van der Waals surface area contributed by atoms with Gasteiger partial charge in [0.15, 0.2) is 16.9 Å². The number of rotatable bonds is 4. The molecule has 0 atom stereocenters. The van der Waals surface area contributed by atoms with E-state index in [1.165, 1.54) is 11.3 Å². The van der Waals surface area contributed by atoms with E-state index in [0.717, 1.165) is 14.7 Å². The SMILES string of the molecule is O=C(COc1ccc(Br)cc1)NC(=S)Nc1nc2ccc(Cl)cc2s1. The zero-order valence-electron chi connectivity index (χ0n) is 12.6. The molecule has 25 heavy (non-hydrogen) atoms. The largest absolute Gasteiger partial charge is 0.484 e. The third-order valence-corrected chi connectivity index (χ3v) is 4.91. The maximum Gasteiger partial charge on any atom is 0.264 e. The monoisotopic (exact) mass is 455 g/mol. The summed E-state index contributed by atoms with van der Waals surface area (Å²) in [4.78, 5) is 16.3. The molecule has 0 saturated heterocycles. The van der Waals surface area contributed by atoms with Crippen molar-refractivity contribution in [1.82, 2.24) is 10.3 Å². The van der Waals surface area contributed by atoms with Crippen LogP contribution in [0.15, 0.2) is 46.9 Å². The summed E-state index contributed by atoms with van der Waals surface area (Å²) in [5.74, 6) is 0.241. The molecule has 1 amide bonds. The van der Waals surface area contributed by atoms with E-state index in [0.29, 0.717) is 15.9 Å². The molecule has 0 radical (unpaired) electrons. The first-order valence-corrected chi connectivity index (χ1v) is 9.44. The summed E-state index contributed by atoms with van der Waals surface area (Å²) >= 11 is 15.8. The molecule has 3 rings (SSSR count). The summed E-state index contributed by atoms with van der Waals surface area (Å²) in [6.07, 6.45) is 0. The molecule has 0 aliphatic rings. The highest BCUT2D eigenvalue weighted by Crippen LogP contribution is 2.28. The van der Waals surface area contributed by atoms with Crippen molar-refractivity contribution in [1.29, 1.82) is 0 Å². The van der Waals surface area contributed by atoms with Crippen molar-refractivity contribution in [2.75, 3.05) is 11.9 Å². The van der Waals surface area contributed by atoms with E-state index < -0.39 is 0 Å². The lowest BCUT2D eigenvalue weighted by Gasteiger charge is -2.08. The highest BCUT2D eigenvalue weighted by atomic mass is 79.9. The fourth-order valence-corrected chi connectivity index (χ4v) is 3.61. The fourth-order valence-electron chi connectivity index (χ4n) is 1.92. The normalized spacial score (nSPS) is 10.5. The Morgan fingerprint density at radius 1 is 1.28 bits per heavy atom. The van der Waals surface area contributed by atoms with Crippen molar-refractivity contribution >= 4 is 77.5 Å². The van der Waals surface area contributed by atoms with Crippen molar-refractivity contribution < 1.29 is 9.53 Å². The molecule has 0 fully saturated rings. The lowest BCUT2D eigenvalue weighted by Crippen LogP contribution is -2.37. The van der Waals surface area contributed by atoms with Crippen molar-refractivity contribution in [2.45, 2.75) is 0 Å². The fraction of sp³-hybridized carbons (Fsp3) is 0.0625. The average molecular weight is 457 g/mol. The van der Waals surface area contributed by atoms with E-state index in [1.54, 1.807) is 18.2 Å². The Bertz CT molecular complexity index is 931. The molecule has 3 aromatic rings. The standard InChI is InChI=1S/C16H11BrClN3O2S2/c17-9-1-4-11(5-2-9)23-8-14(22)20-15(24)21-16-19-12-6-3-10(18)7-13(12)25-16/h1-7H,8H2,(H2,19,20,21,22,24). The minimum absolute atomic E-state index is 0.140. The number of nitrogens with one attached hydrogen (secondary N) is 2. The van der Waals surface area contributed by atoms with Crippen molar-refractivity contribution in [2.24, 2.45) is 0 Å². The van der Waals surface area contributed by atoms with Crippen LogP contribution in [0.25, 0.3) is 10.2 Å². The summed E-state index contributed by atoms with van der Waals surface area (Å²) in [5, 5.41) is 6.83. The molecule has 2 aromatic carbocycles. The second kappa shape index (κ2) is 8.09. The molecule has 2 N–H and O–H groups in total. The molecule has 0 saturated carbocycles. The van der Waals surface area contributed by atoms with Crippen LogP contribution < -0.4 is 15.4 Å². The van der Waals surface area contributed by atoms with Gasteiger partial charge in [0, 0.05) is 9.50 Å². The van der Waals surface area contributed by atoms with Crippen molar-refractivity contribution in [3.63, 3.8) is 0 Å². The summed E-state index contributed by atoms with van der Waals surface area (Å²) in [6.45, 7) is -0.140. The number of benzene rings is 2. The molecule has 9 heteroatoms. The van der Waals surface area contributed by atoms with Crippen LogP contribution in [0, 0.1) is 0 Å². The van der Waals surface area contributed by atoms with Crippen LogP contribution in [0.1, 0.15) is 0 Å². The quantitative estimate of drug-likeness (QED) is 0.562. The number of hydrogen-bond donors (Lipinski definition) is 2. The Kier molecular flexibility index (Phi) is 5.85. The Labute approximate surface area is 166 Å². The van der Waals surface area contributed by atoms with Gasteiger partial charge < -0.3 is 10.1 Å². The number of thiocarbonyl (C=S) groups is 1. The van der Waals surface area contributed by atoms with Crippen molar-refractivity contribution in [3.05, 3.63) is 52.0 Å². The number of carbonyl (C=O) groups excluding carboxylic acids is 1. The van der Waals surface area contributed by atoms with Crippen LogP contribution in [-0.4, -0.2) is 22.6 Å². The number of ether oxygens (including phenoxy) is 1. The van der Waals surface area contributed by atoms with Gasteiger partial charge in [-0.25, -0.2) is 4.98 Å². The number of halogens is 2. The van der Waals surface area contributed by atoms with Gasteiger partial charge in [-0.1, -0.05) is 38.9 Å². The van der Waals surface area contributed by atoms with E-state index in [1.807, 2.05) is 24.3 Å². The molecular formula is C16H11BrClN3O2S2. The van der Waals surface area contributed by atoms with Gasteiger partial charge in [0.2, 0.25) is 0 Å². The van der Waals surface area contributed by atoms with Gasteiger partial charge in [-0.2, -0.15) is 0 Å². The molecular weight excluding hydrogens is 446 g/mol. The highest BCUT2D eigenvalue weighted by Gasteiger charge is 2.09. The second-order valence-corrected chi connectivity index (χ2v) is 7.67. The Morgan fingerprint density at radius 3 is 2.80 bits per heavy atom. The van der Waals surface area contributed by atoms with Gasteiger partial charge in [0.05, 0.1) is 10.2 Å². The maximum absolute atomic E-state index is 11.9. The van der Waals surface area contributed by atoms with E-state index in [-0.39, 0.29) is 17.6 Å². The first-order chi connectivity index (χ1) is 12.0. The first-order valence-electron chi connectivity index (χ1n) is 7.05. The van der Waals surface area contributed by atoms with Crippen LogP contribution in [0.5, 0.6) is 5.75 Å². The Morgan fingerprint density at radius 2 is 2.04 bits per heavy atom. The van der Waals surface area contributed by atoms with Gasteiger partial charge in [-0.15, -0.1) is 0 Å². The summed E-state index contributed by atoms with van der Waals surface area (Å²) < 4.78 is 7.26. The topological polar surface area (TPSA) is 63.2 Å². The molecule has 1 heterocycles. The number of carbonyl (C=O) groups is 1. The smallest absolute Gasteiger partial charge is 0.264 e. The van der Waals surface area contributed by atoms with E-state index in [9.17, 15) is 4.79 Å². The molecule has 0 unspecified atom stereocenters. The van der Waals surface area contributed by atoms with Crippen LogP contribution in [-0.2, 0) is 4.79 Å². The molecule has 5 nitrogen and oxygen atoms in total. The van der Waals surface area contributed by atoms with Gasteiger partial charge >= 0.3 is 0 Å². The summed E-state index contributed by atoms with van der Waals surface area (Å²) in [7, 11) is 0. The molecule has 0 spiro atoms. The van der Waals surface area contributed by atoms with Crippen LogP contribution >= 0.6 is 51.1 Å². The zero-order chi connectivity index (χ0) is 17.8. The van der Waals surface area contributed by atoms with Gasteiger partial charge in [0.1, 0.15) is 5.75 Å². The highest BCUT2D eigenvalue weighted by molar-refractivity contribution is 9.10. The number of nitrogens with zero attached hydrogens (tertiary/aromatic N) is 1. The second-order valence-electron chi connectivity index (χ2n) is 4.88. The number of amides is 1. The van der Waals surface area contributed by atoms with Crippen molar-refractivity contribution in [3.8, 4) is 5.75 Å². The summed E-state index contributed by atoms with van der Waals surface area (Å²) in [6, 6.07) is 12.6. The molecule has 0 aliphatic heterocycles. The minimum Gasteiger partial charge on any atom is -0.484 e. The zero-order valence-corrected chi connectivity index (χ0v) is 16.6. The third-order valence-electron chi connectivity index (χ3n) is 3.01. The molecule has 1 aromatic heterocycles. The minimum atomic E-state index is -0.357. The molecule has 0 bridgehead atoms. The van der Waals surface area contributed by atoms with Crippen LogP contribution in [0.4, 0.5) is 5.13 Å². The molecule has 0 aliphatic carbocycles. The number of hydrogen-bond acceptors (Lipinski definition) is 5. The predicted octanol–water partition coefficient (Wildman–Crippen LogP) is 4.60. The number of thiazole rings is 1. The summed E-state index contributed by atoms with van der Waals surface area (Å²) in [5.41, 5.74) is 0.810. The Hall–Kier alpha value is -1.74. The number of aromatic nitrogens is 1.